The minimum Gasteiger partial charge on any atom is -0.333 e. The topological polar surface area (TPSA) is 69.7 Å². The number of nitrogens with one attached hydrogen (secondary N) is 1. The SMILES string of the molecule is C[C@H]1CNCCN1C(=O)c1ccc(S(=O)(=O)N(C)C)c(Br)c1.Cl. The summed E-state index contributed by atoms with van der Waals surface area (Å²) in [5.41, 5.74) is 0.485. The van der Waals surface area contributed by atoms with Crippen LogP contribution in [-0.4, -0.2) is 63.3 Å². The Hall–Kier alpha value is -0.670. The van der Waals surface area contributed by atoms with Crippen molar-refractivity contribution in [3.05, 3.63) is 28.2 Å². The molecule has 6 nitrogen and oxygen atoms in total. The van der Waals surface area contributed by atoms with E-state index in [0.717, 1.165) is 17.4 Å². The Bertz CT molecular complexity index is 682. The van der Waals surface area contributed by atoms with Crippen molar-refractivity contribution in [3.63, 3.8) is 0 Å². The number of piperazine rings is 1. The van der Waals surface area contributed by atoms with Crippen LogP contribution in [-0.2, 0) is 10.0 Å². The lowest BCUT2D eigenvalue weighted by Crippen LogP contribution is -2.52. The third-order valence-electron chi connectivity index (χ3n) is 3.70. The van der Waals surface area contributed by atoms with E-state index in [2.05, 4.69) is 21.2 Å². The number of nitrogens with zero attached hydrogens (tertiary/aromatic N) is 2. The van der Waals surface area contributed by atoms with Crippen LogP contribution in [0.1, 0.15) is 17.3 Å². The largest absolute Gasteiger partial charge is 0.333 e. The molecule has 2 rings (SSSR count). The van der Waals surface area contributed by atoms with Gasteiger partial charge in [-0.25, -0.2) is 12.7 Å². The van der Waals surface area contributed by atoms with E-state index in [0.29, 0.717) is 16.6 Å². The molecule has 0 bridgehead atoms. The maximum absolute atomic E-state index is 12.6. The summed E-state index contributed by atoms with van der Waals surface area (Å²) in [4.78, 5) is 14.5. The van der Waals surface area contributed by atoms with Gasteiger partial charge in [0.2, 0.25) is 10.0 Å². The van der Waals surface area contributed by atoms with Crippen molar-refractivity contribution >= 4 is 44.3 Å². The molecule has 130 valence electrons. The monoisotopic (exact) mass is 425 g/mol. The minimum atomic E-state index is -3.53. The molecule has 0 unspecified atom stereocenters. The number of carbonyl (C=O) groups excluding carboxylic acids is 1. The highest BCUT2D eigenvalue weighted by molar-refractivity contribution is 9.10. The van der Waals surface area contributed by atoms with Gasteiger partial charge in [-0.2, -0.15) is 0 Å². The quantitative estimate of drug-likeness (QED) is 0.796. The zero-order valence-electron chi connectivity index (χ0n) is 13.2. The van der Waals surface area contributed by atoms with Crippen LogP contribution in [0, 0.1) is 0 Å². The van der Waals surface area contributed by atoms with Gasteiger partial charge in [-0.3, -0.25) is 4.79 Å². The molecular weight excluding hydrogens is 406 g/mol. The number of carbonyl (C=O) groups is 1. The smallest absolute Gasteiger partial charge is 0.254 e. The fourth-order valence-corrected chi connectivity index (χ4v) is 4.28. The van der Waals surface area contributed by atoms with E-state index in [1.807, 2.05) is 6.92 Å². The Kier molecular flexibility index (Phi) is 7.03. The van der Waals surface area contributed by atoms with Crippen molar-refractivity contribution in [2.45, 2.75) is 17.9 Å². The predicted molar refractivity (Wildman–Crippen MR) is 95.6 cm³/mol. The Morgan fingerprint density at radius 1 is 1.39 bits per heavy atom. The summed E-state index contributed by atoms with van der Waals surface area (Å²) in [6, 6.07) is 4.73. The van der Waals surface area contributed by atoms with E-state index >= 15 is 0 Å². The van der Waals surface area contributed by atoms with Gasteiger partial charge in [0.25, 0.3) is 5.91 Å². The van der Waals surface area contributed by atoms with Gasteiger partial charge in [0, 0.05) is 49.8 Å². The van der Waals surface area contributed by atoms with E-state index in [1.54, 1.807) is 17.0 Å². The van der Waals surface area contributed by atoms with Crippen molar-refractivity contribution < 1.29 is 13.2 Å². The van der Waals surface area contributed by atoms with Crippen LogP contribution in [0.2, 0.25) is 0 Å². The molecule has 1 aliphatic rings. The van der Waals surface area contributed by atoms with Crippen molar-refractivity contribution in [2.75, 3.05) is 33.7 Å². The summed E-state index contributed by atoms with van der Waals surface area (Å²) in [7, 11) is -0.583. The second-order valence-electron chi connectivity index (χ2n) is 5.48. The first kappa shape index (κ1) is 20.4. The standard InChI is InChI=1S/C14H20BrN3O3S.ClH/c1-10-9-16-6-7-18(10)14(19)11-4-5-13(12(15)8-11)22(20,21)17(2)3;/h4-5,8,10,16H,6-7,9H2,1-3H3;1H/t10-;/m0./s1. The number of sulfonamides is 1. The first-order chi connectivity index (χ1) is 10.2. The first-order valence-electron chi connectivity index (χ1n) is 6.99. The van der Waals surface area contributed by atoms with Gasteiger partial charge in [-0.05, 0) is 41.1 Å². The van der Waals surface area contributed by atoms with Crippen LogP contribution in [0.4, 0.5) is 0 Å². The van der Waals surface area contributed by atoms with Crippen LogP contribution >= 0.6 is 28.3 Å². The molecule has 1 fully saturated rings. The van der Waals surface area contributed by atoms with Crippen LogP contribution in [0.3, 0.4) is 0 Å². The van der Waals surface area contributed by atoms with E-state index in [9.17, 15) is 13.2 Å². The third-order valence-corrected chi connectivity index (χ3v) is 6.49. The number of benzene rings is 1. The van der Waals surface area contributed by atoms with E-state index in [-0.39, 0.29) is 29.3 Å². The average molecular weight is 427 g/mol. The number of hydrogen-bond donors (Lipinski definition) is 1. The summed E-state index contributed by atoms with van der Waals surface area (Å²) in [5, 5.41) is 3.24. The molecule has 0 radical (unpaired) electrons. The lowest BCUT2D eigenvalue weighted by Gasteiger charge is -2.34. The molecule has 23 heavy (non-hydrogen) atoms. The lowest BCUT2D eigenvalue weighted by molar-refractivity contribution is 0.0655. The number of rotatable bonds is 3. The average Bonchev–Trinajstić information content (AvgIpc) is 2.46. The number of hydrogen-bond acceptors (Lipinski definition) is 4. The first-order valence-corrected chi connectivity index (χ1v) is 9.22. The molecule has 0 spiro atoms. The molecule has 1 aromatic rings. The van der Waals surface area contributed by atoms with E-state index in [1.165, 1.54) is 20.2 Å². The van der Waals surface area contributed by atoms with E-state index < -0.39 is 10.0 Å². The molecule has 0 aromatic heterocycles. The van der Waals surface area contributed by atoms with Crippen LogP contribution in [0.25, 0.3) is 0 Å². The van der Waals surface area contributed by atoms with Gasteiger partial charge in [0.05, 0.1) is 4.90 Å². The summed E-state index contributed by atoms with van der Waals surface area (Å²) in [5.74, 6) is -0.0801. The van der Waals surface area contributed by atoms with Crippen molar-refractivity contribution in [1.82, 2.24) is 14.5 Å². The normalized spacial score (nSPS) is 18.7. The molecule has 0 aliphatic carbocycles. The second-order valence-corrected chi connectivity index (χ2v) is 8.46. The third kappa shape index (κ3) is 4.24. The molecule has 1 saturated heterocycles. The van der Waals surface area contributed by atoms with Crippen LogP contribution in [0.15, 0.2) is 27.6 Å². The van der Waals surface area contributed by atoms with Crippen molar-refractivity contribution in [3.8, 4) is 0 Å². The number of halogens is 2. The fourth-order valence-electron chi connectivity index (χ4n) is 2.35. The van der Waals surface area contributed by atoms with Crippen molar-refractivity contribution in [1.29, 1.82) is 0 Å². The van der Waals surface area contributed by atoms with E-state index in [4.69, 9.17) is 0 Å². The molecule has 1 aliphatic heterocycles. The van der Waals surface area contributed by atoms with Gasteiger partial charge in [-0.1, -0.05) is 0 Å². The van der Waals surface area contributed by atoms with Crippen LogP contribution < -0.4 is 5.32 Å². The second kappa shape index (κ2) is 7.94. The van der Waals surface area contributed by atoms with Gasteiger partial charge < -0.3 is 10.2 Å². The molecule has 1 N–H and O–H groups in total. The van der Waals surface area contributed by atoms with Crippen LogP contribution in [0.5, 0.6) is 0 Å². The summed E-state index contributed by atoms with van der Waals surface area (Å²) < 4.78 is 25.9. The molecule has 1 aromatic carbocycles. The molecular formula is C14H21BrClN3O3S. The summed E-state index contributed by atoms with van der Waals surface area (Å²) in [6.07, 6.45) is 0. The minimum absolute atomic E-state index is 0. The maximum atomic E-state index is 12.6. The summed E-state index contributed by atoms with van der Waals surface area (Å²) in [6.45, 7) is 4.17. The predicted octanol–water partition coefficient (Wildman–Crippen LogP) is 1.56. The highest BCUT2D eigenvalue weighted by atomic mass is 79.9. The van der Waals surface area contributed by atoms with Gasteiger partial charge >= 0.3 is 0 Å². The molecule has 1 atom stereocenters. The Morgan fingerprint density at radius 3 is 2.57 bits per heavy atom. The highest BCUT2D eigenvalue weighted by Gasteiger charge is 2.26. The molecule has 1 amide bonds. The molecule has 0 saturated carbocycles. The highest BCUT2D eigenvalue weighted by Crippen LogP contribution is 2.26. The van der Waals surface area contributed by atoms with Gasteiger partial charge in [0.15, 0.2) is 0 Å². The molecule has 9 heteroatoms. The zero-order chi connectivity index (χ0) is 16.5. The van der Waals surface area contributed by atoms with Gasteiger partial charge in [0.1, 0.15) is 0 Å². The lowest BCUT2D eigenvalue weighted by atomic mass is 10.1. The Morgan fingerprint density at radius 2 is 2.04 bits per heavy atom. The number of amides is 1. The zero-order valence-corrected chi connectivity index (χ0v) is 16.5. The van der Waals surface area contributed by atoms with Gasteiger partial charge in [-0.15, -0.1) is 12.4 Å². The molecule has 1 heterocycles. The Labute approximate surface area is 151 Å². The fraction of sp³-hybridized carbons (Fsp3) is 0.500. The maximum Gasteiger partial charge on any atom is 0.254 e. The van der Waals surface area contributed by atoms with Crippen molar-refractivity contribution in [2.24, 2.45) is 0 Å². The Balaban J connectivity index is 0.00000264. The summed E-state index contributed by atoms with van der Waals surface area (Å²) >= 11 is 3.27.